The molecular formula is C26H21ClFN3O4. The standard InChI is InChI=1S/C26H21ClFN3O4/c1-16(32)29-20-10-12-21(13-11-20)31-24(33)14-23(26(31)35)30(15-18-4-2-3-5-22(18)27)25(34)17-6-8-19(28)9-7-17/h2-13,23H,14-15H2,1H3,(H,29,32). The Bertz CT molecular complexity index is 1290. The van der Waals surface area contributed by atoms with Crippen LogP contribution in [0.5, 0.6) is 0 Å². The number of anilines is 2. The summed E-state index contributed by atoms with van der Waals surface area (Å²) >= 11 is 6.31. The lowest BCUT2D eigenvalue weighted by molar-refractivity contribution is -0.122. The first-order valence-corrected chi connectivity index (χ1v) is 11.2. The molecule has 0 spiro atoms. The van der Waals surface area contributed by atoms with Crippen LogP contribution in [-0.4, -0.2) is 34.6 Å². The summed E-state index contributed by atoms with van der Waals surface area (Å²) in [6.07, 6.45) is -0.219. The minimum absolute atomic E-state index is 0.0190. The highest BCUT2D eigenvalue weighted by atomic mass is 35.5. The second-order valence-corrected chi connectivity index (χ2v) is 8.45. The Morgan fingerprint density at radius 2 is 1.69 bits per heavy atom. The fraction of sp³-hybridized carbons (Fsp3) is 0.154. The van der Waals surface area contributed by atoms with E-state index in [1.807, 2.05) is 0 Å². The number of nitrogens with zero attached hydrogens (tertiary/aromatic N) is 2. The summed E-state index contributed by atoms with van der Waals surface area (Å²) in [5, 5.41) is 3.03. The number of amides is 4. The van der Waals surface area contributed by atoms with Crippen molar-refractivity contribution in [2.45, 2.75) is 25.9 Å². The molecule has 0 radical (unpaired) electrons. The lowest BCUT2D eigenvalue weighted by atomic mass is 10.1. The highest BCUT2D eigenvalue weighted by Gasteiger charge is 2.44. The normalized spacial score (nSPS) is 15.3. The lowest BCUT2D eigenvalue weighted by Gasteiger charge is -2.28. The highest BCUT2D eigenvalue weighted by Crippen LogP contribution is 2.30. The van der Waals surface area contributed by atoms with Gasteiger partial charge in [0.2, 0.25) is 11.8 Å². The van der Waals surface area contributed by atoms with Crippen molar-refractivity contribution in [3.8, 4) is 0 Å². The van der Waals surface area contributed by atoms with Gasteiger partial charge in [-0.1, -0.05) is 29.8 Å². The average Bonchev–Trinajstić information content (AvgIpc) is 3.12. The van der Waals surface area contributed by atoms with Gasteiger partial charge in [-0.05, 0) is 60.2 Å². The molecule has 1 atom stereocenters. The smallest absolute Gasteiger partial charge is 0.257 e. The van der Waals surface area contributed by atoms with Crippen molar-refractivity contribution >= 4 is 46.6 Å². The third kappa shape index (κ3) is 5.22. The predicted molar refractivity (Wildman–Crippen MR) is 129 cm³/mol. The van der Waals surface area contributed by atoms with E-state index >= 15 is 0 Å². The summed E-state index contributed by atoms with van der Waals surface area (Å²) in [5.74, 6) is -2.31. The van der Waals surface area contributed by atoms with Gasteiger partial charge in [0, 0.05) is 29.7 Å². The molecule has 4 rings (SSSR count). The molecule has 1 saturated heterocycles. The SMILES string of the molecule is CC(=O)Nc1ccc(N2C(=O)CC(N(Cc3ccccc3Cl)C(=O)c3ccc(F)cc3)C2=O)cc1. The maximum Gasteiger partial charge on any atom is 0.257 e. The molecule has 7 nitrogen and oxygen atoms in total. The van der Waals surface area contributed by atoms with E-state index in [1.165, 1.54) is 24.0 Å². The summed E-state index contributed by atoms with van der Waals surface area (Å²) in [6.45, 7) is 1.35. The summed E-state index contributed by atoms with van der Waals surface area (Å²) in [5.41, 5.74) is 1.62. The Balaban J connectivity index is 1.66. The molecule has 3 aromatic carbocycles. The molecule has 178 valence electrons. The summed E-state index contributed by atoms with van der Waals surface area (Å²) in [6, 6.07) is 17.0. The Hall–Kier alpha value is -4.04. The largest absolute Gasteiger partial charge is 0.326 e. The van der Waals surface area contributed by atoms with Crippen LogP contribution in [0.4, 0.5) is 15.8 Å². The predicted octanol–water partition coefficient (Wildman–Crippen LogP) is 4.41. The van der Waals surface area contributed by atoms with Gasteiger partial charge in [0.25, 0.3) is 11.8 Å². The van der Waals surface area contributed by atoms with E-state index in [2.05, 4.69) is 5.32 Å². The van der Waals surface area contributed by atoms with Gasteiger partial charge < -0.3 is 10.2 Å². The minimum atomic E-state index is -1.08. The van der Waals surface area contributed by atoms with Gasteiger partial charge in [-0.15, -0.1) is 0 Å². The van der Waals surface area contributed by atoms with E-state index in [0.717, 1.165) is 17.0 Å². The van der Waals surface area contributed by atoms with Gasteiger partial charge in [0.15, 0.2) is 0 Å². The fourth-order valence-corrected chi connectivity index (χ4v) is 4.12. The van der Waals surface area contributed by atoms with Crippen molar-refractivity contribution < 1.29 is 23.6 Å². The van der Waals surface area contributed by atoms with Crippen LogP contribution in [0, 0.1) is 5.82 Å². The van der Waals surface area contributed by atoms with Crippen molar-refractivity contribution in [3.05, 3.63) is 94.8 Å². The summed E-state index contributed by atoms with van der Waals surface area (Å²) in [7, 11) is 0. The second kappa shape index (κ2) is 10.1. The molecule has 3 aromatic rings. The van der Waals surface area contributed by atoms with Gasteiger partial charge in [-0.3, -0.25) is 19.2 Å². The molecule has 0 aliphatic carbocycles. The average molecular weight is 494 g/mol. The highest BCUT2D eigenvalue weighted by molar-refractivity contribution is 6.31. The van der Waals surface area contributed by atoms with E-state index in [9.17, 15) is 23.6 Å². The molecular weight excluding hydrogens is 473 g/mol. The first-order chi connectivity index (χ1) is 16.7. The number of halogens is 2. The molecule has 0 aromatic heterocycles. The van der Waals surface area contributed by atoms with Gasteiger partial charge in [0.1, 0.15) is 11.9 Å². The van der Waals surface area contributed by atoms with E-state index in [0.29, 0.717) is 22.0 Å². The number of nitrogens with one attached hydrogen (secondary N) is 1. The summed E-state index contributed by atoms with van der Waals surface area (Å²) < 4.78 is 13.4. The number of carbonyl (C=O) groups excluding carboxylic acids is 4. The van der Waals surface area contributed by atoms with E-state index in [-0.39, 0.29) is 24.4 Å². The molecule has 1 N–H and O–H groups in total. The maximum absolute atomic E-state index is 13.4. The van der Waals surface area contributed by atoms with Crippen molar-refractivity contribution in [2.24, 2.45) is 0 Å². The zero-order chi connectivity index (χ0) is 25.1. The third-order valence-corrected chi connectivity index (χ3v) is 5.96. The molecule has 4 amide bonds. The quantitative estimate of drug-likeness (QED) is 0.515. The van der Waals surface area contributed by atoms with Crippen LogP contribution >= 0.6 is 11.6 Å². The van der Waals surface area contributed by atoms with E-state index in [1.54, 1.807) is 48.5 Å². The zero-order valence-corrected chi connectivity index (χ0v) is 19.5. The molecule has 1 heterocycles. The van der Waals surface area contributed by atoms with E-state index < -0.39 is 29.6 Å². The number of hydrogen-bond acceptors (Lipinski definition) is 4. The fourth-order valence-electron chi connectivity index (χ4n) is 3.92. The van der Waals surface area contributed by atoms with Crippen molar-refractivity contribution in [1.82, 2.24) is 4.90 Å². The Labute approximate surface area is 206 Å². The maximum atomic E-state index is 13.4. The number of imide groups is 1. The Morgan fingerprint density at radius 1 is 1.03 bits per heavy atom. The number of rotatable bonds is 6. The Kier molecular flexibility index (Phi) is 6.93. The molecule has 0 bridgehead atoms. The number of hydrogen-bond donors (Lipinski definition) is 1. The van der Waals surface area contributed by atoms with Crippen LogP contribution < -0.4 is 10.2 Å². The number of benzene rings is 3. The molecule has 1 aliphatic rings. The molecule has 0 saturated carbocycles. The van der Waals surface area contributed by atoms with Crippen LogP contribution in [0.25, 0.3) is 0 Å². The Morgan fingerprint density at radius 3 is 2.31 bits per heavy atom. The summed E-state index contributed by atoms with van der Waals surface area (Å²) in [4.78, 5) is 53.4. The first-order valence-electron chi connectivity index (χ1n) is 10.8. The van der Waals surface area contributed by atoms with Gasteiger partial charge in [-0.25, -0.2) is 9.29 Å². The van der Waals surface area contributed by atoms with Gasteiger partial charge in [0.05, 0.1) is 12.1 Å². The molecule has 1 aliphatic heterocycles. The molecule has 1 fully saturated rings. The van der Waals surface area contributed by atoms with Crippen molar-refractivity contribution in [1.29, 1.82) is 0 Å². The van der Waals surface area contributed by atoms with Crippen LogP contribution in [0.3, 0.4) is 0 Å². The van der Waals surface area contributed by atoms with E-state index in [4.69, 9.17) is 11.6 Å². The second-order valence-electron chi connectivity index (χ2n) is 8.05. The number of carbonyl (C=O) groups is 4. The van der Waals surface area contributed by atoms with Crippen molar-refractivity contribution in [2.75, 3.05) is 10.2 Å². The van der Waals surface area contributed by atoms with Crippen LogP contribution in [0.15, 0.2) is 72.8 Å². The zero-order valence-electron chi connectivity index (χ0n) is 18.7. The van der Waals surface area contributed by atoms with Crippen LogP contribution in [0.2, 0.25) is 5.02 Å². The lowest BCUT2D eigenvalue weighted by Crippen LogP contribution is -2.45. The molecule has 9 heteroatoms. The van der Waals surface area contributed by atoms with Crippen LogP contribution in [-0.2, 0) is 20.9 Å². The molecule has 35 heavy (non-hydrogen) atoms. The topological polar surface area (TPSA) is 86.8 Å². The van der Waals surface area contributed by atoms with Crippen LogP contribution in [0.1, 0.15) is 29.3 Å². The van der Waals surface area contributed by atoms with Gasteiger partial charge in [-0.2, -0.15) is 0 Å². The minimum Gasteiger partial charge on any atom is -0.326 e. The first kappa shape index (κ1) is 24.1. The monoisotopic (exact) mass is 493 g/mol. The third-order valence-electron chi connectivity index (χ3n) is 5.60. The van der Waals surface area contributed by atoms with Gasteiger partial charge >= 0.3 is 0 Å². The molecule has 1 unspecified atom stereocenters. The van der Waals surface area contributed by atoms with Crippen molar-refractivity contribution in [3.63, 3.8) is 0 Å².